The molecule has 0 unspecified atom stereocenters. The van der Waals surface area contributed by atoms with Crippen LogP contribution < -0.4 is 0 Å². The highest BCUT2D eigenvalue weighted by Gasteiger charge is 2.04. The second-order valence-electron chi connectivity index (χ2n) is 1.57. The second-order valence-corrected chi connectivity index (χ2v) is 1.57. The maximum Gasteiger partial charge on any atom is 0.631 e. The van der Waals surface area contributed by atoms with Crippen LogP contribution in [0.5, 0.6) is 0 Å². The van der Waals surface area contributed by atoms with E-state index < -0.39 is 31.2 Å². The van der Waals surface area contributed by atoms with Crippen molar-refractivity contribution < 1.29 is 54.7 Å². The van der Waals surface area contributed by atoms with Crippen LogP contribution in [0.4, 0.5) is 0 Å². The summed E-state index contributed by atoms with van der Waals surface area (Å²) in [4.78, 5) is 36.4. The highest BCUT2D eigenvalue weighted by atomic mass is 16.5. The third-order valence-corrected chi connectivity index (χ3v) is 0.366. The minimum Gasteiger partial charge on any atom is -0.473 e. The lowest BCUT2D eigenvalue weighted by molar-refractivity contribution is -0.159. The Balaban J connectivity index is -0.000000162. The van der Waals surface area contributed by atoms with E-state index in [1.165, 1.54) is 0 Å². The molecule has 0 aromatic carbocycles. The summed E-state index contributed by atoms with van der Waals surface area (Å²) in [5, 5.41) is 51.1. The fourth-order valence-corrected chi connectivity index (χ4v) is 0. The molecule has 0 aliphatic carbocycles. The van der Waals surface area contributed by atoms with E-state index >= 15 is 0 Å². The van der Waals surface area contributed by atoms with Gasteiger partial charge in [0.2, 0.25) is 0 Å². The number of aliphatic carboxylic acids is 4. The molecule has 0 aliphatic rings. The third kappa shape index (κ3) is 40.8. The summed E-state index contributed by atoms with van der Waals surface area (Å²) < 4.78 is 0. The van der Waals surface area contributed by atoms with E-state index in [1.807, 2.05) is 0 Å². The van der Waals surface area contributed by atoms with Crippen LogP contribution in [0.2, 0.25) is 0 Å². The lowest BCUT2D eigenvalue weighted by Crippen LogP contribution is -2.09. The Morgan fingerprint density at radius 3 is 0.625 bits per heavy atom. The Bertz CT molecular complexity index is 206. The van der Waals surface area contributed by atoms with Gasteiger partial charge in [-0.25, -0.2) is 19.2 Å². The minimum absolute atomic E-state index is 1.82. The highest BCUT2D eigenvalue weighted by Crippen LogP contribution is 1.56. The molecule has 0 aliphatic heterocycles. The lowest BCUT2D eigenvalue weighted by Gasteiger charge is -1.72. The SMILES string of the molecule is O=C(O)C(=O)O.O=C(O)C(=O)O.OB(O)O. The van der Waals surface area contributed by atoms with Crippen LogP contribution in [0, 0.1) is 0 Å². The number of carboxylic acid groups (broad SMARTS) is 4. The topological polar surface area (TPSA) is 210 Å². The van der Waals surface area contributed by atoms with Gasteiger partial charge in [0, 0.05) is 0 Å². The molecule has 0 saturated heterocycles. The van der Waals surface area contributed by atoms with E-state index in [0.717, 1.165) is 0 Å². The molecule has 0 aromatic heterocycles. The second kappa shape index (κ2) is 10.9. The summed E-state index contributed by atoms with van der Waals surface area (Å²) in [5.41, 5.74) is 0. The maximum atomic E-state index is 9.10. The van der Waals surface area contributed by atoms with E-state index in [1.54, 1.807) is 0 Å². The molecule has 0 bridgehead atoms. The van der Waals surface area contributed by atoms with Crippen molar-refractivity contribution in [3.8, 4) is 0 Å². The van der Waals surface area contributed by atoms with Crippen molar-refractivity contribution in [2.24, 2.45) is 0 Å². The molecule has 7 N–H and O–H groups in total. The molecular formula is C4H7BO11. The Labute approximate surface area is 87.0 Å². The van der Waals surface area contributed by atoms with Gasteiger partial charge in [-0.3, -0.25) is 0 Å². The van der Waals surface area contributed by atoms with Crippen LogP contribution in [0.25, 0.3) is 0 Å². The predicted octanol–water partition coefficient (Wildman–Crippen LogP) is -3.74. The first-order chi connectivity index (χ1) is 7.02. The number of carbonyl (C=O) groups is 4. The Hall–Kier alpha value is -2.18. The molecule has 16 heavy (non-hydrogen) atoms. The van der Waals surface area contributed by atoms with Crippen molar-refractivity contribution in [1.29, 1.82) is 0 Å². The Morgan fingerprint density at radius 1 is 0.562 bits per heavy atom. The zero-order valence-electron chi connectivity index (χ0n) is 7.34. The van der Waals surface area contributed by atoms with E-state index in [-0.39, 0.29) is 0 Å². The summed E-state index contributed by atoms with van der Waals surface area (Å²) >= 11 is 0. The van der Waals surface area contributed by atoms with Gasteiger partial charge in [0.15, 0.2) is 0 Å². The zero-order chi connectivity index (χ0) is 13.9. The Morgan fingerprint density at radius 2 is 0.625 bits per heavy atom. The van der Waals surface area contributed by atoms with Crippen LogP contribution in [0.1, 0.15) is 0 Å². The van der Waals surface area contributed by atoms with E-state index in [9.17, 15) is 0 Å². The molecule has 0 atom stereocenters. The average Bonchev–Trinajstić information content (AvgIpc) is 2.03. The average molecular weight is 242 g/mol. The van der Waals surface area contributed by atoms with Gasteiger partial charge in [-0.1, -0.05) is 0 Å². The van der Waals surface area contributed by atoms with E-state index in [0.29, 0.717) is 0 Å². The number of rotatable bonds is 0. The van der Waals surface area contributed by atoms with Gasteiger partial charge in [0.05, 0.1) is 0 Å². The monoisotopic (exact) mass is 242 g/mol. The lowest BCUT2D eigenvalue weighted by atomic mass is 10.3. The third-order valence-electron chi connectivity index (χ3n) is 0.366. The molecule has 92 valence electrons. The van der Waals surface area contributed by atoms with Crippen LogP contribution in [-0.2, 0) is 19.2 Å². The van der Waals surface area contributed by atoms with Gasteiger partial charge >= 0.3 is 31.2 Å². The molecule has 0 radical (unpaired) electrons. The van der Waals surface area contributed by atoms with Gasteiger partial charge < -0.3 is 35.5 Å². The molecule has 0 spiro atoms. The van der Waals surface area contributed by atoms with Gasteiger partial charge in [-0.15, -0.1) is 0 Å². The summed E-state index contributed by atoms with van der Waals surface area (Å²) in [6.07, 6.45) is 0. The normalized spacial score (nSPS) is 7.19. The number of carboxylic acids is 4. The summed E-state index contributed by atoms with van der Waals surface area (Å²) in [7, 11) is -2.17. The Kier molecular flexibility index (Phi) is 13.2. The van der Waals surface area contributed by atoms with Crippen LogP contribution >= 0.6 is 0 Å². The summed E-state index contributed by atoms with van der Waals surface area (Å²) in [5.74, 6) is -7.30. The van der Waals surface area contributed by atoms with Crippen molar-refractivity contribution in [1.82, 2.24) is 0 Å². The van der Waals surface area contributed by atoms with E-state index in [2.05, 4.69) is 0 Å². The van der Waals surface area contributed by atoms with Crippen molar-refractivity contribution in [2.45, 2.75) is 0 Å². The fourth-order valence-electron chi connectivity index (χ4n) is 0. The summed E-state index contributed by atoms with van der Waals surface area (Å²) in [6.45, 7) is 0. The van der Waals surface area contributed by atoms with Crippen molar-refractivity contribution in [3.63, 3.8) is 0 Å². The first-order valence-electron chi connectivity index (χ1n) is 2.99. The smallest absolute Gasteiger partial charge is 0.473 e. The molecule has 0 aromatic rings. The molecule has 0 rings (SSSR count). The molecule has 11 nitrogen and oxygen atoms in total. The van der Waals surface area contributed by atoms with Gasteiger partial charge in [0.1, 0.15) is 0 Å². The summed E-state index contributed by atoms with van der Waals surface area (Å²) in [6, 6.07) is 0. The first kappa shape index (κ1) is 19.4. The zero-order valence-corrected chi connectivity index (χ0v) is 7.34. The number of hydrogen-bond acceptors (Lipinski definition) is 7. The highest BCUT2D eigenvalue weighted by molar-refractivity contribution is 6.30. The van der Waals surface area contributed by atoms with Gasteiger partial charge in [-0.05, 0) is 0 Å². The quantitative estimate of drug-likeness (QED) is 0.162. The van der Waals surface area contributed by atoms with Gasteiger partial charge in [-0.2, -0.15) is 0 Å². The number of hydrogen-bond donors (Lipinski definition) is 7. The first-order valence-corrected chi connectivity index (χ1v) is 2.99. The molecule has 0 amide bonds. The molecule has 0 fully saturated rings. The van der Waals surface area contributed by atoms with Gasteiger partial charge in [0.25, 0.3) is 0 Å². The largest absolute Gasteiger partial charge is 0.631 e. The van der Waals surface area contributed by atoms with Crippen LogP contribution in [-0.4, -0.2) is 66.7 Å². The van der Waals surface area contributed by atoms with Crippen LogP contribution in [0.15, 0.2) is 0 Å². The maximum absolute atomic E-state index is 9.10. The molecular weight excluding hydrogens is 235 g/mol. The van der Waals surface area contributed by atoms with Crippen molar-refractivity contribution in [3.05, 3.63) is 0 Å². The minimum atomic E-state index is -2.17. The molecule has 0 saturated carbocycles. The standard InChI is InChI=1S/2C2H2O4.BH3O3/c2*3-1(4)2(5)6;2-1(3)4/h2*(H,3,4)(H,5,6);2-4H. The molecule has 0 heterocycles. The van der Waals surface area contributed by atoms with Crippen molar-refractivity contribution >= 4 is 31.2 Å². The van der Waals surface area contributed by atoms with Crippen LogP contribution in [0.3, 0.4) is 0 Å². The van der Waals surface area contributed by atoms with E-state index in [4.69, 9.17) is 54.7 Å². The fraction of sp³-hybridized carbons (Fsp3) is 0. The molecule has 12 heteroatoms. The predicted molar refractivity (Wildman–Crippen MR) is 43.0 cm³/mol. The van der Waals surface area contributed by atoms with Crippen molar-refractivity contribution in [2.75, 3.05) is 0 Å².